The molecule has 3 N–H and O–H groups in total. The van der Waals surface area contributed by atoms with Gasteiger partial charge in [-0.3, -0.25) is 14.5 Å². The molecule has 1 aromatic rings. The molecule has 0 saturated carbocycles. The average Bonchev–Trinajstić information content (AvgIpc) is 3.01. The van der Waals surface area contributed by atoms with E-state index in [1.54, 1.807) is 0 Å². The van der Waals surface area contributed by atoms with E-state index in [0.717, 1.165) is 37.2 Å². The van der Waals surface area contributed by atoms with Gasteiger partial charge in [-0.1, -0.05) is 6.07 Å². The van der Waals surface area contributed by atoms with Crippen LogP contribution in [0, 0.1) is 5.92 Å². The Labute approximate surface area is 134 Å². The van der Waals surface area contributed by atoms with E-state index in [1.807, 2.05) is 18.2 Å². The average molecular weight is 319 g/mol. The molecule has 0 spiro atoms. The summed E-state index contributed by atoms with van der Waals surface area (Å²) in [5, 5.41) is 2.90. The molecule has 0 aromatic heterocycles. The minimum Gasteiger partial charge on any atom is -0.454 e. The number of rotatable bonds is 5. The van der Waals surface area contributed by atoms with Gasteiger partial charge in [0.25, 0.3) is 0 Å². The van der Waals surface area contributed by atoms with E-state index in [1.165, 1.54) is 0 Å². The fraction of sp³-hybridized carbons (Fsp3) is 0.500. The standard InChI is InChI=1S/C16H21N3O4/c17-16(21)12-3-5-19(6-4-12)9-15(20)18-8-11-1-2-13-14(7-11)23-10-22-13/h1-2,7,12H,3-6,8-10H2,(H2,17,21)(H,18,20). The second-order valence-electron chi connectivity index (χ2n) is 5.92. The molecule has 2 aliphatic rings. The smallest absolute Gasteiger partial charge is 0.234 e. The van der Waals surface area contributed by atoms with E-state index in [2.05, 4.69) is 10.2 Å². The predicted octanol–water partition coefficient (Wildman–Crippen LogP) is 0.229. The number of primary amides is 1. The molecule has 7 heteroatoms. The van der Waals surface area contributed by atoms with E-state index in [9.17, 15) is 9.59 Å². The van der Waals surface area contributed by atoms with Crippen molar-refractivity contribution in [2.45, 2.75) is 19.4 Å². The van der Waals surface area contributed by atoms with Crippen molar-refractivity contribution in [2.75, 3.05) is 26.4 Å². The highest BCUT2D eigenvalue weighted by Gasteiger charge is 2.24. The van der Waals surface area contributed by atoms with Crippen LogP contribution in [0.3, 0.4) is 0 Å². The normalized spacial score (nSPS) is 17.9. The second-order valence-corrected chi connectivity index (χ2v) is 5.92. The summed E-state index contributed by atoms with van der Waals surface area (Å²) in [5.41, 5.74) is 6.28. The molecule has 1 saturated heterocycles. The first kappa shape index (κ1) is 15.6. The highest BCUT2D eigenvalue weighted by Crippen LogP contribution is 2.32. The summed E-state index contributed by atoms with van der Waals surface area (Å²) in [6.07, 6.45) is 1.45. The molecular formula is C16H21N3O4. The van der Waals surface area contributed by atoms with Crippen LogP contribution in [-0.2, 0) is 16.1 Å². The van der Waals surface area contributed by atoms with Crippen LogP contribution in [0.25, 0.3) is 0 Å². The zero-order chi connectivity index (χ0) is 16.2. The highest BCUT2D eigenvalue weighted by molar-refractivity contribution is 5.78. The Morgan fingerprint density at radius 2 is 1.96 bits per heavy atom. The van der Waals surface area contributed by atoms with Gasteiger partial charge in [-0.2, -0.15) is 0 Å². The molecule has 1 fully saturated rings. The molecule has 3 rings (SSSR count). The number of piperidine rings is 1. The summed E-state index contributed by atoms with van der Waals surface area (Å²) in [7, 11) is 0. The lowest BCUT2D eigenvalue weighted by molar-refractivity contribution is -0.124. The lowest BCUT2D eigenvalue weighted by atomic mass is 9.96. The quantitative estimate of drug-likeness (QED) is 0.810. The number of carbonyl (C=O) groups excluding carboxylic acids is 2. The highest BCUT2D eigenvalue weighted by atomic mass is 16.7. The van der Waals surface area contributed by atoms with Gasteiger partial charge in [-0.25, -0.2) is 0 Å². The van der Waals surface area contributed by atoms with Gasteiger partial charge >= 0.3 is 0 Å². The van der Waals surface area contributed by atoms with Gasteiger partial charge in [0.15, 0.2) is 11.5 Å². The zero-order valence-corrected chi connectivity index (χ0v) is 12.9. The molecular weight excluding hydrogens is 298 g/mol. The summed E-state index contributed by atoms with van der Waals surface area (Å²) >= 11 is 0. The summed E-state index contributed by atoms with van der Waals surface area (Å²) in [5.74, 6) is 1.13. The lowest BCUT2D eigenvalue weighted by Gasteiger charge is -2.29. The molecule has 0 unspecified atom stereocenters. The Hall–Kier alpha value is -2.28. The molecule has 1 aromatic carbocycles. The van der Waals surface area contributed by atoms with Gasteiger partial charge in [-0.05, 0) is 43.6 Å². The van der Waals surface area contributed by atoms with Gasteiger partial charge < -0.3 is 20.5 Å². The summed E-state index contributed by atoms with van der Waals surface area (Å²) in [6.45, 7) is 2.49. The fourth-order valence-electron chi connectivity index (χ4n) is 2.89. The first-order valence-electron chi connectivity index (χ1n) is 7.79. The van der Waals surface area contributed by atoms with E-state index in [0.29, 0.717) is 18.8 Å². The number of hydrogen-bond acceptors (Lipinski definition) is 5. The van der Waals surface area contributed by atoms with Crippen molar-refractivity contribution in [2.24, 2.45) is 11.7 Å². The summed E-state index contributed by atoms with van der Waals surface area (Å²) in [4.78, 5) is 25.2. The van der Waals surface area contributed by atoms with Gasteiger partial charge in [0.2, 0.25) is 18.6 Å². The van der Waals surface area contributed by atoms with Gasteiger partial charge in [0.1, 0.15) is 0 Å². The van der Waals surface area contributed by atoms with Crippen molar-refractivity contribution in [3.63, 3.8) is 0 Å². The second kappa shape index (κ2) is 6.87. The van der Waals surface area contributed by atoms with Crippen molar-refractivity contribution in [3.05, 3.63) is 23.8 Å². The van der Waals surface area contributed by atoms with Crippen molar-refractivity contribution in [1.82, 2.24) is 10.2 Å². The van der Waals surface area contributed by atoms with Gasteiger partial charge in [0, 0.05) is 12.5 Å². The molecule has 0 radical (unpaired) electrons. The maximum Gasteiger partial charge on any atom is 0.234 e. The number of nitrogens with two attached hydrogens (primary N) is 1. The lowest BCUT2D eigenvalue weighted by Crippen LogP contribution is -2.43. The molecule has 7 nitrogen and oxygen atoms in total. The van der Waals surface area contributed by atoms with Crippen molar-refractivity contribution in [1.29, 1.82) is 0 Å². The van der Waals surface area contributed by atoms with Crippen LogP contribution in [0.15, 0.2) is 18.2 Å². The van der Waals surface area contributed by atoms with Gasteiger partial charge in [-0.15, -0.1) is 0 Å². The Morgan fingerprint density at radius 3 is 2.70 bits per heavy atom. The minimum atomic E-state index is -0.239. The molecule has 124 valence electrons. The van der Waals surface area contributed by atoms with Crippen LogP contribution in [0.1, 0.15) is 18.4 Å². The van der Waals surface area contributed by atoms with Crippen LogP contribution >= 0.6 is 0 Å². The number of hydrogen-bond donors (Lipinski definition) is 2. The molecule has 23 heavy (non-hydrogen) atoms. The number of ether oxygens (including phenoxy) is 2. The number of carbonyl (C=O) groups is 2. The Bertz CT molecular complexity index is 597. The molecule has 2 amide bonds. The number of fused-ring (bicyclic) bond motifs is 1. The fourth-order valence-corrected chi connectivity index (χ4v) is 2.89. The summed E-state index contributed by atoms with van der Waals surface area (Å²) in [6, 6.07) is 5.63. The van der Waals surface area contributed by atoms with E-state index < -0.39 is 0 Å². The minimum absolute atomic E-state index is 0.0276. The SMILES string of the molecule is NC(=O)C1CCN(CC(=O)NCc2ccc3c(c2)OCO3)CC1. The van der Waals surface area contributed by atoms with Crippen LogP contribution in [0.2, 0.25) is 0 Å². The van der Waals surface area contributed by atoms with Crippen LogP contribution in [0.5, 0.6) is 11.5 Å². The maximum atomic E-state index is 12.0. The molecule has 2 heterocycles. The number of nitrogens with one attached hydrogen (secondary N) is 1. The van der Waals surface area contributed by atoms with Crippen molar-refractivity contribution in [3.8, 4) is 11.5 Å². The van der Waals surface area contributed by atoms with E-state index in [4.69, 9.17) is 15.2 Å². The Kier molecular flexibility index (Phi) is 4.66. The number of likely N-dealkylation sites (tertiary alicyclic amines) is 1. The van der Waals surface area contributed by atoms with Crippen molar-refractivity contribution < 1.29 is 19.1 Å². The number of nitrogens with zero attached hydrogens (tertiary/aromatic N) is 1. The molecule has 0 aliphatic carbocycles. The Balaban J connectivity index is 1.42. The van der Waals surface area contributed by atoms with E-state index >= 15 is 0 Å². The number of amides is 2. The van der Waals surface area contributed by atoms with Crippen LogP contribution < -0.4 is 20.5 Å². The van der Waals surface area contributed by atoms with Crippen molar-refractivity contribution >= 4 is 11.8 Å². The molecule has 2 aliphatic heterocycles. The van der Waals surface area contributed by atoms with Crippen LogP contribution in [0.4, 0.5) is 0 Å². The third-order valence-electron chi connectivity index (χ3n) is 4.28. The molecule has 0 atom stereocenters. The topological polar surface area (TPSA) is 93.9 Å². The maximum absolute atomic E-state index is 12.0. The first-order chi connectivity index (χ1) is 11.1. The van der Waals surface area contributed by atoms with Crippen LogP contribution in [-0.4, -0.2) is 43.1 Å². The Morgan fingerprint density at radius 1 is 1.22 bits per heavy atom. The van der Waals surface area contributed by atoms with Gasteiger partial charge in [0.05, 0.1) is 6.54 Å². The third-order valence-corrected chi connectivity index (χ3v) is 4.28. The largest absolute Gasteiger partial charge is 0.454 e. The summed E-state index contributed by atoms with van der Waals surface area (Å²) < 4.78 is 10.6. The monoisotopic (exact) mass is 319 g/mol. The van der Waals surface area contributed by atoms with E-state index in [-0.39, 0.29) is 24.5 Å². The third kappa shape index (κ3) is 3.92. The predicted molar refractivity (Wildman–Crippen MR) is 82.8 cm³/mol. The zero-order valence-electron chi connectivity index (χ0n) is 12.9. The number of benzene rings is 1. The first-order valence-corrected chi connectivity index (χ1v) is 7.79. The molecule has 0 bridgehead atoms.